The second kappa shape index (κ2) is 7.99. The molecule has 132 valence electrons. The molecule has 0 aromatic heterocycles. The van der Waals surface area contributed by atoms with Crippen molar-refractivity contribution < 1.29 is 9.53 Å². The first-order chi connectivity index (χ1) is 11.8. The van der Waals surface area contributed by atoms with Gasteiger partial charge in [0.15, 0.2) is 0 Å². The highest BCUT2D eigenvalue weighted by atomic mass is 16.5. The lowest BCUT2D eigenvalue weighted by Gasteiger charge is -2.50. The molecule has 0 bridgehead atoms. The number of benzene rings is 1. The zero-order valence-electron chi connectivity index (χ0n) is 14.7. The minimum Gasteiger partial charge on any atom is -0.379 e. The van der Waals surface area contributed by atoms with Crippen molar-refractivity contribution in [3.05, 3.63) is 35.9 Å². The molecule has 1 aromatic carbocycles. The van der Waals surface area contributed by atoms with Crippen LogP contribution in [0.2, 0.25) is 0 Å². The number of piperidine rings is 1. The van der Waals surface area contributed by atoms with Crippen molar-refractivity contribution in [3.63, 3.8) is 0 Å². The molecule has 0 unspecified atom stereocenters. The van der Waals surface area contributed by atoms with E-state index in [4.69, 9.17) is 4.74 Å². The van der Waals surface area contributed by atoms with Crippen molar-refractivity contribution in [2.24, 2.45) is 0 Å². The van der Waals surface area contributed by atoms with E-state index >= 15 is 0 Å². The summed E-state index contributed by atoms with van der Waals surface area (Å²) in [4.78, 5) is 16.8. The lowest BCUT2D eigenvalue weighted by molar-refractivity contribution is -0.0468. The first-order valence-electron chi connectivity index (χ1n) is 9.17. The van der Waals surface area contributed by atoms with Crippen molar-refractivity contribution in [3.8, 4) is 0 Å². The molecule has 1 N–H and O–H groups in total. The first-order valence-corrected chi connectivity index (χ1v) is 9.17. The number of urea groups is 1. The summed E-state index contributed by atoms with van der Waals surface area (Å²) >= 11 is 0. The summed E-state index contributed by atoms with van der Waals surface area (Å²) in [7, 11) is 0. The maximum absolute atomic E-state index is 12.3. The lowest BCUT2D eigenvalue weighted by atomic mass is 9.79. The highest BCUT2D eigenvalue weighted by Crippen LogP contribution is 2.39. The molecule has 0 saturated carbocycles. The Morgan fingerprint density at radius 1 is 1.12 bits per heavy atom. The van der Waals surface area contributed by atoms with Gasteiger partial charge in [0.25, 0.3) is 0 Å². The molecule has 2 aliphatic rings. The summed E-state index contributed by atoms with van der Waals surface area (Å²) < 4.78 is 5.56. The number of amides is 2. The van der Waals surface area contributed by atoms with E-state index in [9.17, 15) is 4.79 Å². The van der Waals surface area contributed by atoms with Gasteiger partial charge in [0.05, 0.1) is 13.2 Å². The standard InChI is InChI=1S/C19H29N3O2/c1-2-10-20-18(23)21-11-8-19(9-12-21,17-6-4-3-5-7-17)22-13-15-24-16-14-22/h3-7H,2,8-16H2,1H3,(H,20,23). The van der Waals surface area contributed by atoms with Gasteiger partial charge in [-0.3, -0.25) is 4.90 Å². The SMILES string of the molecule is CCCNC(=O)N1CCC(c2ccccc2)(N2CCOCC2)CC1. The molecule has 2 amide bonds. The monoisotopic (exact) mass is 331 g/mol. The Morgan fingerprint density at radius 3 is 2.42 bits per heavy atom. The Kier molecular flexibility index (Phi) is 5.74. The number of carbonyl (C=O) groups is 1. The van der Waals surface area contributed by atoms with E-state index in [1.54, 1.807) is 0 Å². The van der Waals surface area contributed by atoms with E-state index in [1.807, 2.05) is 4.90 Å². The van der Waals surface area contributed by atoms with Gasteiger partial charge in [0.2, 0.25) is 0 Å². The van der Waals surface area contributed by atoms with Crippen LogP contribution < -0.4 is 5.32 Å². The van der Waals surface area contributed by atoms with Crippen molar-refractivity contribution >= 4 is 6.03 Å². The Balaban J connectivity index is 1.75. The fourth-order valence-corrected chi connectivity index (χ4v) is 3.95. The molecule has 2 heterocycles. The minimum atomic E-state index is 0.0343. The molecule has 24 heavy (non-hydrogen) atoms. The van der Waals surface area contributed by atoms with Crippen LogP contribution in [0, 0.1) is 0 Å². The summed E-state index contributed by atoms with van der Waals surface area (Å²) in [5.41, 5.74) is 1.41. The normalized spacial score (nSPS) is 21.5. The third kappa shape index (κ3) is 3.57. The van der Waals surface area contributed by atoms with E-state index in [0.29, 0.717) is 0 Å². The average Bonchev–Trinajstić information content (AvgIpc) is 2.67. The van der Waals surface area contributed by atoms with Gasteiger partial charge in [-0.15, -0.1) is 0 Å². The fraction of sp³-hybridized carbons (Fsp3) is 0.632. The zero-order valence-corrected chi connectivity index (χ0v) is 14.7. The van der Waals surface area contributed by atoms with Crippen LogP contribution in [-0.4, -0.2) is 61.8 Å². The predicted molar refractivity (Wildman–Crippen MR) is 95.0 cm³/mol. The van der Waals surface area contributed by atoms with Crippen molar-refractivity contribution in [2.45, 2.75) is 31.7 Å². The molecular weight excluding hydrogens is 302 g/mol. The van der Waals surface area contributed by atoms with E-state index in [-0.39, 0.29) is 11.6 Å². The molecule has 0 spiro atoms. The Labute approximate surface area is 145 Å². The van der Waals surface area contributed by atoms with Crippen LogP contribution in [0.15, 0.2) is 30.3 Å². The van der Waals surface area contributed by atoms with Crippen molar-refractivity contribution in [1.82, 2.24) is 15.1 Å². The summed E-state index contributed by atoms with van der Waals surface area (Å²) in [6.07, 6.45) is 2.94. The van der Waals surface area contributed by atoms with Crippen LogP contribution in [0.3, 0.4) is 0 Å². The maximum atomic E-state index is 12.3. The molecule has 2 fully saturated rings. The van der Waals surface area contributed by atoms with Crippen molar-refractivity contribution in [2.75, 3.05) is 45.9 Å². The van der Waals surface area contributed by atoms with Crippen LogP contribution in [0.25, 0.3) is 0 Å². The molecular formula is C19H29N3O2. The maximum Gasteiger partial charge on any atom is 0.317 e. The van der Waals surface area contributed by atoms with Gasteiger partial charge in [0.1, 0.15) is 0 Å². The molecule has 5 heteroatoms. The minimum absolute atomic E-state index is 0.0343. The second-order valence-corrected chi connectivity index (χ2v) is 6.72. The predicted octanol–water partition coefficient (Wildman–Crippen LogP) is 2.43. The molecule has 0 radical (unpaired) electrons. The first kappa shape index (κ1) is 17.2. The number of rotatable bonds is 4. The van der Waals surface area contributed by atoms with E-state index < -0.39 is 0 Å². The fourth-order valence-electron chi connectivity index (χ4n) is 3.95. The van der Waals surface area contributed by atoms with Gasteiger partial charge < -0.3 is 15.0 Å². The smallest absolute Gasteiger partial charge is 0.317 e. The summed E-state index contributed by atoms with van der Waals surface area (Å²) in [6.45, 7) is 7.99. The molecule has 0 aliphatic carbocycles. The molecule has 3 rings (SSSR count). The number of morpholine rings is 1. The summed E-state index contributed by atoms with van der Waals surface area (Å²) in [5.74, 6) is 0. The van der Waals surface area contributed by atoms with Gasteiger partial charge in [-0.1, -0.05) is 37.3 Å². The number of hydrogen-bond donors (Lipinski definition) is 1. The van der Waals surface area contributed by atoms with Gasteiger partial charge in [0, 0.05) is 38.3 Å². The van der Waals surface area contributed by atoms with Crippen LogP contribution in [0.5, 0.6) is 0 Å². The van der Waals surface area contributed by atoms with Gasteiger partial charge in [-0.05, 0) is 24.8 Å². The average molecular weight is 331 g/mol. The molecule has 2 aliphatic heterocycles. The Bertz CT molecular complexity index is 521. The summed E-state index contributed by atoms with van der Waals surface area (Å²) in [5, 5.41) is 3.00. The van der Waals surface area contributed by atoms with Gasteiger partial charge >= 0.3 is 6.03 Å². The molecule has 0 atom stereocenters. The number of nitrogens with one attached hydrogen (secondary N) is 1. The number of hydrogen-bond acceptors (Lipinski definition) is 3. The number of likely N-dealkylation sites (tertiary alicyclic amines) is 1. The molecule has 5 nitrogen and oxygen atoms in total. The second-order valence-electron chi connectivity index (χ2n) is 6.72. The Morgan fingerprint density at radius 2 is 1.79 bits per heavy atom. The largest absolute Gasteiger partial charge is 0.379 e. The lowest BCUT2D eigenvalue weighted by Crippen LogP contribution is -2.58. The van der Waals surface area contributed by atoms with Crippen LogP contribution >= 0.6 is 0 Å². The van der Waals surface area contributed by atoms with E-state index in [2.05, 4.69) is 47.5 Å². The number of ether oxygens (including phenoxy) is 1. The highest BCUT2D eigenvalue weighted by molar-refractivity contribution is 5.74. The van der Waals surface area contributed by atoms with E-state index in [0.717, 1.165) is 65.2 Å². The highest BCUT2D eigenvalue weighted by Gasteiger charge is 2.42. The zero-order chi connectivity index (χ0) is 16.8. The summed E-state index contributed by atoms with van der Waals surface area (Å²) in [6, 6.07) is 10.9. The van der Waals surface area contributed by atoms with Crippen LogP contribution in [-0.2, 0) is 10.3 Å². The molecule has 1 aromatic rings. The number of nitrogens with zero attached hydrogens (tertiary/aromatic N) is 2. The van der Waals surface area contributed by atoms with E-state index in [1.165, 1.54) is 5.56 Å². The quantitative estimate of drug-likeness (QED) is 0.922. The topological polar surface area (TPSA) is 44.8 Å². The third-order valence-corrected chi connectivity index (χ3v) is 5.33. The number of carbonyl (C=O) groups excluding carboxylic acids is 1. The van der Waals surface area contributed by atoms with Crippen LogP contribution in [0.4, 0.5) is 4.79 Å². The van der Waals surface area contributed by atoms with Crippen molar-refractivity contribution in [1.29, 1.82) is 0 Å². The van der Waals surface area contributed by atoms with Crippen LogP contribution in [0.1, 0.15) is 31.7 Å². The molecule has 2 saturated heterocycles. The third-order valence-electron chi connectivity index (χ3n) is 5.33. The van der Waals surface area contributed by atoms with Gasteiger partial charge in [-0.2, -0.15) is 0 Å². The Hall–Kier alpha value is -1.59. The van der Waals surface area contributed by atoms with Gasteiger partial charge in [-0.25, -0.2) is 4.79 Å².